The molecule has 2 N–H and O–H groups in total. The Labute approximate surface area is 102 Å². The second-order valence-corrected chi connectivity index (χ2v) is 6.12. The van der Waals surface area contributed by atoms with Gasteiger partial charge in [-0.3, -0.25) is 0 Å². The quantitative estimate of drug-likeness (QED) is 0.714. The van der Waals surface area contributed by atoms with Crippen LogP contribution in [0.1, 0.15) is 45.4 Å². The molecule has 3 rings (SSSR count). The molecule has 1 heterocycles. The largest absolute Gasteiger partial charge is 0.455 e. The normalized spacial score (nSPS) is 43.9. The van der Waals surface area contributed by atoms with Gasteiger partial charge in [-0.15, -0.1) is 0 Å². The molecule has 2 aliphatic carbocycles. The smallest absolute Gasteiger partial charge is 0.427 e. The van der Waals surface area contributed by atoms with E-state index in [0.717, 1.165) is 19.3 Å². The van der Waals surface area contributed by atoms with E-state index in [9.17, 15) is 10.0 Å². The molecule has 0 radical (unpaired) electrons. The van der Waals surface area contributed by atoms with Crippen LogP contribution in [0, 0.1) is 5.41 Å². The fourth-order valence-electron chi connectivity index (χ4n) is 3.46. The summed E-state index contributed by atoms with van der Waals surface area (Å²) in [6.45, 7) is 2.69. The molecule has 0 aromatic carbocycles. The van der Waals surface area contributed by atoms with Crippen molar-refractivity contribution in [2.45, 2.75) is 63.2 Å². The predicted molar refractivity (Wildman–Crippen MR) is 63.3 cm³/mol. The fourth-order valence-corrected chi connectivity index (χ4v) is 3.46. The van der Waals surface area contributed by atoms with E-state index >= 15 is 0 Å². The Balaban J connectivity index is 1.65. The Kier molecular flexibility index (Phi) is 2.78. The molecule has 3 atom stereocenters. The SMILES string of the molecule is C[C@@]1([C@H]2COC3(CCCCC3)O2)C[C@H]1B(O)O. The highest BCUT2D eigenvalue weighted by Gasteiger charge is 2.63. The van der Waals surface area contributed by atoms with E-state index < -0.39 is 7.12 Å². The lowest BCUT2D eigenvalue weighted by atomic mass is 9.77. The van der Waals surface area contributed by atoms with Crippen molar-refractivity contribution in [3.63, 3.8) is 0 Å². The first-order valence-electron chi connectivity index (χ1n) is 6.74. The summed E-state index contributed by atoms with van der Waals surface area (Å²) in [5.41, 5.74) is -0.102. The number of rotatable bonds is 2. The third kappa shape index (κ3) is 1.93. The highest BCUT2D eigenvalue weighted by molar-refractivity contribution is 6.44. The molecule has 0 amide bonds. The molecule has 1 spiro atoms. The van der Waals surface area contributed by atoms with E-state index in [1.54, 1.807) is 0 Å². The maximum absolute atomic E-state index is 9.25. The first-order chi connectivity index (χ1) is 8.06. The lowest BCUT2D eigenvalue weighted by Crippen LogP contribution is -2.35. The third-order valence-electron chi connectivity index (χ3n) is 4.91. The first-order valence-corrected chi connectivity index (χ1v) is 6.74. The molecule has 96 valence electrons. The summed E-state index contributed by atoms with van der Waals surface area (Å²) in [6.07, 6.45) is 6.47. The third-order valence-corrected chi connectivity index (χ3v) is 4.91. The number of hydrogen-bond donors (Lipinski definition) is 2. The van der Waals surface area contributed by atoms with E-state index in [4.69, 9.17) is 9.47 Å². The molecule has 1 saturated heterocycles. The Morgan fingerprint density at radius 1 is 1.18 bits per heavy atom. The van der Waals surface area contributed by atoms with Crippen LogP contribution < -0.4 is 0 Å². The molecule has 0 bridgehead atoms. The Bertz CT molecular complexity index is 303. The van der Waals surface area contributed by atoms with E-state index in [1.165, 1.54) is 19.3 Å². The molecule has 0 aromatic rings. The van der Waals surface area contributed by atoms with Crippen LogP contribution in [0.25, 0.3) is 0 Å². The van der Waals surface area contributed by atoms with Crippen molar-refractivity contribution in [3.8, 4) is 0 Å². The molecular weight excluding hydrogens is 219 g/mol. The zero-order chi connectivity index (χ0) is 12.1. The van der Waals surface area contributed by atoms with Gasteiger partial charge >= 0.3 is 7.12 Å². The van der Waals surface area contributed by atoms with Crippen LogP contribution in [-0.2, 0) is 9.47 Å². The molecular formula is C12H21BO4. The van der Waals surface area contributed by atoms with Gasteiger partial charge in [0.25, 0.3) is 0 Å². The summed E-state index contributed by atoms with van der Waals surface area (Å²) in [6, 6.07) is 0. The second-order valence-electron chi connectivity index (χ2n) is 6.12. The summed E-state index contributed by atoms with van der Waals surface area (Å²) in [7, 11) is -1.22. The molecule has 0 unspecified atom stereocenters. The molecule has 17 heavy (non-hydrogen) atoms. The minimum atomic E-state index is -1.22. The molecule has 4 nitrogen and oxygen atoms in total. The van der Waals surface area contributed by atoms with E-state index in [-0.39, 0.29) is 23.1 Å². The van der Waals surface area contributed by atoms with Gasteiger partial charge in [-0.2, -0.15) is 0 Å². The van der Waals surface area contributed by atoms with Crippen LogP contribution in [0.4, 0.5) is 0 Å². The van der Waals surface area contributed by atoms with Gasteiger partial charge in [0.05, 0.1) is 12.7 Å². The highest BCUT2D eigenvalue weighted by atomic mass is 16.7. The summed E-state index contributed by atoms with van der Waals surface area (Å²) in [5, 5.41) is 18.5. The van der Waals surface area contributed by atoms with E-state index in [2.05, 4.69) is 6.92 Å². The predicted octanol–water partition coefficient (Wildman–Crippen LogP) is 1.32. The van der Waals surface area contributed by atoms with Crippen molar-refractivity contribution in [1.82, 2.24) is 0 Å². The Morgan fingerprint density at radius 3 is 2.47 bits per heavy atom. The van der Waals surface area contributed by atoms with Gasteiger partial charge < -0.3 is 19.5 Å². The summed E-state index contributed by atoms with van der Waals surface area (Å²) >= 11 is 0. The van der Waals surface area contributed by atoms with Crippen LogP contribution in [0.15, 0.2) is 0 Å². The monoisotopic (exact) mass is 240 g/mol. The molecule has 3 aliphatic rings. The number of hydrogen-bond acceptors (Lipinski definition) is 4. The average Bonchev–Trinajstić information content (AvgIpc) is 2.85. The maximum atomic E-state index is 9.25. The average molecular weight is 240 g/mol. The zero-order valence-corrected chi connectivity index (χ0v) is 10.4. The van der Waals surface area contributed by atoms with Crippen molar-refractivity contribution >= 4 is 7.12 Å². The van der Waals surface area contributed by atoms with E-state index in [0.29, 0.717) is 6.61 Å². The van der Waals surface area contributed by atoms with Crippen LogP contribution in [0.2, 0.25) is 5.82 Å². The minimum Gasteiger partial charge on any atom is -0.427 e. The zero-order valence-electron chi connectivity index (χ0n) is 10.4. The maximum Gasteiger partial charge on any atom is 0.455 e. The van der Waals surface area contributed by atoms with Crippen LogP contribution in [0.3, 0.4) is 0 Å². The topological polar surface area (TPSA) is 58.9 Å². The Morgan fingerprint density at radius 2 is 1.88 bits per heavy atom. The van der Waals surface area contributed by atoms with Crippen LogP contribution in [0.5, 0.6) is 0 Å². The van der Waals surface area contributed by atoms with Crippen molar-refractivity contribution in [2.24, 2.45) is 5.41 Å². The van der Waals surface area contributed by atoms with Gasteiger partial charge in [-0.25, -0.2) is 0 Å². The fraction of sp³-hybridized carbons (Fsp3) is 1.00. The van der Waals surface area contributed by atoms with Crippen molar-refractivity contribution in [1.29, 1.82) is 0 Å². The lowest BCUT2D eigenvalue weighted by molar-refractivity contribution is -0.192. The van der Waals surface area contributed by atoms with Crippen LogP contribution in [-0.4, -0.2) is 35.7 Å². The van der Waals surface area contributed by atoms with Crippen molar-refractivity contribution < 1.29 is 19.5 Å². The standard InChI is InChI=1S/C12H21BO4/c1-11(7-9(11)13(14)15)10-8-16-12(17-10)5-3-2-4-6-12/h9-10,14-15H,2-8H2,1H3/t9-,10-,11-/m1/s1. The van der Waals surface area contributed by atoms with Crippen LogP contribution >= 0.6 is 0 Å². The van der Waals surface area contributed by atoms with Gasteiger partial charge in [0, 0.05) is 18.7 Å². The molecule has 1 aliphatic heterocycles. The van der Waals surface area contributed by atoms with Crippen molar-refractivity contribution in [3.05, 3.63) is 0 Å². The lowest BCUT2D eigenvalue weighted by Gasteiger charge is -2.32. The highest BCUT2D eigenvalue weighted by Crippen LogP contribution is 2.63. The van der Waals surface area contributed by atoms with Gasteiger partial charge in [0.2, 0.25) is 0 Å². The number of ether oxygens (including phenoxy) is 2. The van der Waals surface area contributed by atoms with Gasteiger partial charge in [-0.1, -0.05) is 13.3 Å². The second kappa shape index (κ2) is 3.95. The van der Waals surface area contributed by atoms with E-state index in [1.807, 2.05) is 0 Å². The minimum absolute atomic E-state index is 0.0346. The first kappa shape index (κ1) is 12.0. The van der Waals surface area contributed by atoms with Gasteiger partial charge in [0.15, 0.2) is 5.79 Å². The summed E-state index contributed by atoms with van der Waals surface area (Å²) in [5.74, 6) is -0.394. The summed E-state index contributed by atoms with van der Waals surface area (Å²) in [4.78, 5) is 0. The van der Waals surface area contributed by atoms with Gasteiger partial charge in [-0.05, 0) is 24.7 Å². The summed E-state index contributed by atoms with van der Waals surface area (Å²) < 4.78 is 12.1. The molecule has 0 aromatic heterocycles. The molecule has 3 fully saturated rings. The Hall–Kier alpha value is -0.0951. The van der Waals surface area contributed by atoms with Crippen molar-refractivity contribution in [2.75, 3.05) is 6.61 Å². The van der Waals surface area contributed by atoms with Gasteiger partial charge in [0.1, 0.15) is 0 Å². The molecule has 2 saturated carbocycles. The molecule has 5 heteroatoms.